The van der Waals surface area contributed by atoms with E-state index in [-0.39, 0.29) is 18.0 Å². The molecule has 2 heterocycles. The molecule has 6 heteroatoms. The molecule has 1 saturated heterocycles. The van der Waals surface area contributed by atoms with Gasteiger partial charge in [0.1, 0.15) is 0 Å². The van der Waals surface area contributed by atoms with E-state index < -0.39 is 0 Å². The van der Waals surface area contributed by atoms with Gasteiger partial charge in [-0.3, -0.25) is 9.78 Å². The highest BCUT2D eigenvalue weighted by molar-refractivity contribution is 5.94. The van der Waals surface area contributed by atoms with Crippen molar-refractivity contribution in [2.75, 3.05) is 13.1 Å². The topological polar surface area (TPSA) is 74.3 Å². The number of amides is 3. The number of likely N-dealkylation sites (tertiary alicyclic amines) is 1. The molecule has 3 rings (SSSR count). The molecule has 1 aromatic heterocycles. The Morgan fingerprint density at radius 2 is 1.57 bits per heavy atom. The molecule has 0 aromatic carbocycles. The second-order valence-electron chi connectivity index (χ2n) is 6.40. The predicted octanol–water partition coefficient (Wildman–Crippen LogP) is 1.93. The fourth-order valence-electron chi connectivity index (χ4n) is 3.33. The molecular weight excluding hydrogens is 292 g/mol. The van der Waals surface area contributed by atoms with Crippen molar-refractivity contribution in [2.24, 2.45) is 0 Å². The van der Waals surface area contributed by atoms with Crippen molar-refractivity contribution in [1.82, 2.24) is 20.5 Å². The van der Waals surface area contributed by atoms with E-state index in [1.54, 1.807) is 24.5 Å². The lowest BCUT2D eigenvalue weighted by Gasteiger charge is -2.33. The highest BCUT2D eigenvalue weighted by Crippen LogP contribution is 2.18. The Kier molecular flexibility index (Phi) is 5.10. The largest absolute Gasteiger partial charge is 0.349 e. The smallest absolute Gasteiger partial charge is 0.317 e. The van der Waals surface area contributed by atoms with Gasteiger partial charge in [0.2, 0.25) is 0 Å². The first-order chi connectivity index (χ1) is 11.2. The third-order valence-electron chi connectivity index (χ3n) is 4.74. The summed E-state index contributed by atoms with van der Waals surface area (Å²) in [5, 5.41) is 6.17. The Labute approximate surface area is 136 Å². The van der Waals surface area contributed by atoms with E-state index >= 15 is 0 Å². The molecular formula is C17H24N4O2. The molecule has 0 atom stereocenters. The molecule has 1 aliphatic carbocycles. The first-order valence-corrected chi connectivity index (χ1v) is 8.49. The van der Waals surface area contributed by atoms with E-state index in [0.29, 0.717) is 24.7 Å². The van der Waals surface area contributed by atoms with Gasteiger partial charge in [0.05, 0.1) is 0 Å². The van der Waals surface area contributed by atoms with Gasteiger partial charge in [-0.05, 0) is 37.8 Å². The number of piperidine rings is 1. The normalized spacial score (nSPS) is 19.6. The first-order valence-electron chi connectivity index (χ1n) is 8.49. The number of carbonyl (C=O) groups excluding carboxylic acids is 2. The Hall–Kier alpha value is -2.11. The van der Waals surface area contributed by atoms with E-state index in [1.165, 1.54) is 12.8 Å². The lowest BCUT2D eigenvalue weighted by Crippen LogP contribution is -2.51. The van der Waals surface area contributed by atoms with Gasteiger partial charge in [-0.25, -0.2) is 4.79 Å². The Bertz CT molecular complexity index is 535. The van der Waals surface area contributed by atoms with Crippen LogP contribution in [0, 0.1) is 0 Å². The number of nitrogens with one attached hydrogen (secondary N) is 2. The molecule has 3 amide bonds. The summed E-state index contributed by atoms with van der Waals surface area (Å²) in [7, 11) is 0. The quantitative estimate of drug-likeness (QED) is 0.895. The zero-order chi connectivity index (χ0) is 16.1. The van der Waals surface area contributed by atoms with Gasteiger partial charge < -0.3 is 15.5 Å². The molecule has 0 spiro atoms. The van der Waals surface area contributed by atoms with Gasteiger partial charge in [-0.1, -0.05) is 12.8 Å². The van der Waals surface area contributed by atoms with Crippen molar-refractivity contribution in [2.45, 2.75) is 50.6 Å². The third kappa shape index (κ3) is 4.21. The van der Waals surface area contributed by atoms with Crippen molar-refractivity contribution < 1.29 is 9.59 Å². The maximum atomic E-state index is 12.2. The Morgan fingerprint density at radius 3 is 2.22 bits per heavy atom. The fraction of sp³-hybridized carbons (Fsp3) is 0.588. The summed E-state index contributed by atoms with van der Waals surface area (Å²) in [6, 6.07) is 3.95. The minimum Gasteiger partial charge on any atom is -0.349 e. The predicted molar refractivity (Wildman–Crippen MR) is 87.1 cm³/mol. The van der Waals surface area contributed by atoms with E-state index in [0.717, 1.165) is 25.7 Å². The molecule has 0 bridgehead atoms. The summed E-state index contributed by atoms with van der Waals surface area (Å²) in [5.74, 6) is -0.0683. The van der Waals surface area contributed by atoms with Gasteiger partial charge in [0.25, 0.3) is 5.91 Å². The number of hydrogen-bond donors (Lipinski definition) is 2. The third-order valence-corrected chi connectivity index (χ3v) is 4.74. The van der Waals surface area contributed by atoms with Crippen LogP contribution in [0.3, 0.4) is 0 Å². The number of hydrogen-bond acceptors (Lipinski definition) is 3. The average Bonchev–Trinajstić information content (AvgIpc) is 3.09. The number of pyridine rings is 1. The highest BCUT2D eigenvalue weighted by Gasteiger charge is 2.26. The van der Waals surface area contributed by atoms with Crippen molar-refractivity contribution in [3.63, 3.8) is 0 Å². The SMILES string of the molecule is O=C(NC1CCN(C(=O)NC2CCCC2)CC1)c1ccncc1. The number of urea groups is 1. The summed E-state index contributed by atoms with van der Waals surface area (Å²) in [5.41, 5.74) is 0.626. The highest BCUT2D eigenvalue weighted by atomic mass is 16.2. The molecule has 0 unspecified atom stereocenters. The molecule has 0 radical (unpaired) electrons. The van der Waals surface area contributed by atoms with Crippen LogP contribution in [-0.4, -0.2) is 47.0 Å². The Morgan fingerprint density at radius 1 is 0.957 bits per heavy atom. The van der Waals surface area contributed by atoms with Crippen LogP contribution in [0.4, 0.5) is 4.79 Å². The fourth-order valence-corrected chi connectivity index (χ4v) is 3.33. The van der Waals surface area contributed by atoms with Gasteiger partial charge >= 0.3 is 6.03 Å². The molecule has 23 heavy (non-hydrogen) atoms. The lowest BCUT2D eigenvalue weighted by molar-refractivity contribution is 0.0917. The van der Waals surface area contributed by atoms with Crippen molar-refractivity contribution in [3.05, 3.63) is 30.1 Å². The van der Waals surface area contributed by atoms with Crippen molar-refractivity contribution in [3.8, 4) is 0 Å². The number of nitrogens with zero attached hydrogens (tertiary/aromatic N) is 2. The molecule has 1 aliphatic heterocycles. The minimum atomic E-state index is -0.0683. The second kappa shape index (κ2) is 7.44. The van der Waals surface area contributed by atoms with Crippen LogP contribution in [0.15, 0.2) is 24.5 Å². The summed E-state index contributed by atoms with van der Waals surface area (Å²) in [4.78, 5) is 30.1. The van der Waals surface area contributed by atoms with Crippen LogP contribution in [0.2, 0.25) is 0 Å². The first kappa shape index (κ1) is 15.8. The maximum Gasteiger partial charge on any atom is 0.317 e. The van der Waals surface area contributed by atoms with Gasteiger partial charge in [0.15, 0.2) is 0 Å². The monoisotopic (exact) mass is 316 g/mol. The van der Waals surface area contributed by atoms with Crippen LogP contribution >= 0.6 is 0 Å². The average molecular weight is 316 g/mol. The molecule has 124 valence electrons. The minimum absolute atomic E-state index is 0.0517. The van der Waals surface area contributed by atoms with Gasteiger partial charge in [0, 0.05) is 43.1 Å². The zero-order valence-electron chi connectivity index (χ0n) is 13.3. The summed E-state index contributed by atoms with van der Waals surface area (Å²) in [6.45, 7) is 1.39. The molecule has 2 N–H and O–H groups in total. The summed E-state index contributed by atoms with van der Waals surface area (Å²) < 4.78 is 0. The molecule has 1 aromatic rings. The van der Waals surface area contributed by atoms with Gasteiger partial charge in [-0.15, -0.1) is 0 Å². The van der Waals surface area contributed by atoms with Crippen LogP contribution < -0.4 is 10.6 Å². The maximum absolute atomic E-state index is 12.2. The van der Waals surface area contributed by atoms with Crippen molar-refractivity contribution in [1.29, 1.82) is 0 Å². The molecule has 2 fully saturated rings. The van der Waals surface area contributed by atoms with E-state index in [9.17, 15) is 9.59 Å². The van der Waals surface area contributed by atoms with E-state index in [4.69, 9.17) is 0 Å². The molecule has 6 nitrogen and oxygen atoms in total. The van der Waals surface area contributed by atoms with Crippen LogP contribution in [0.1, 0.15) is 48.9 Å². The van der Waals surface area contributed by atoms with Crippen LogP contribution in [0.5, 0.6) is 0 Å². The molecule has 1 saturated carbocycles. The standard InChI is InChI=1S/C17H24N4O2/c22-16(13-5-9-18-10-6-13)19-15-7-11-21(12-8-15)17(23)20-14-3-1-2-4-14/h5-6,9-10,14-15H,1-4,7-8,11-12H2,(H,19,22)(H,20,23). The van der Waals surface area contributed by atoms with E-state index in [2.05, 4.69) is 15.6 Å². The number of carbonyl (C=O) groups is 2. The van der Waals surface area contributed by atoms with E-state index in [1.807, 2.05) is 4.90 Å². The summed E-state index contributed by atoms with van der Waals surface area (Å²) >= 11 is 0. The zero-order valence-corrected chi connectivity index (χ0v) is 13.3. The molecule has 2 aliphatic rings. The van der Waals surface area contributed by atoms with Crippen LogP contribution in [-0.2, 0) is 0 Å². The lowest BCUT2D eigenvalue weighted by atomic mass is 10.0. The number of aromatic nitrogens is 1. The summed E-state index contributed by atoms with van der Waals surface area (Å²) in [6.07, 6.45) is 9.47. The number of rotatable bonds is 3. The van der Waals surface area contributed by atoms with Crippen molar-refractivity contribution >= 4 is 11.9 Å². The Balaban J connectivity index is 1.43. The van der Waals surface area contributed by atoms with Gasteiger partial charge in [-0.2, -0.15) is 0 Å². The second-order valence-corrected chi connectivity index (χ2v) is 6.40. The van der Waals surface area contributed by atoms with Crippen LogP contribution in [0.25, 0.3) is 0 Å².